The molecule has 2 rings (SSSR count). The lowest BCUT2D eigenvalue weighted by molar-refractivity contribution is 0.236. The van der Waals surface area contributed by atoms with Gasteiger partial charge in [-0.05, 0) is 29.7 Å². The van der Waals surface area contributed by atoms with E-state index in [0.717, 1.165) is 32.2 Å². The fraction of sp³-hybridized carbons (Fsp3) is 0.667. The molecule has 1 aliphatic carbocycles. The molecule has 0 aliphatic heterocycles. The van der Waals surface area contributed by atoms with Crippen molar-refractivity contribution in [2.75, 3.05) is 0 Å². The minimum Gasteiger partial charge on any atom is -0.335 e. The zero-order valence-electron chi connectivity index (χ0n) is 11.2. The molecule has 1 heterocycles. The van der Waals surface area contributed by atoms with E-state index in [4.69, 9.17) is 0 Å². The van der Waals surface area contributed by atoms with Gasteiger partial charge in [0.25, 0.3) is 0 Å². The van der Waals surface area contributed by atoms with E-state index in [1.54, 1.807) is 4.68 Å². The first-order valence-electron chi connectivity index (χ1n) is 6.74. The van der Waals surface area contributed by atoms with Crippen LogP contribution in [-0.2, 0) is 13.1 Å². The second kappa shape index (κ2) is 6.86. The summed E-state index contributed by atoms with van der Waals surface area (Å²) in [5, 5.41) is 17.2. The predicted octanol–water partition coefficient (Wildman–Crippen LogP) is 0.991. The smallest absolute Gasteiger partial charge is 0.315 e. The summed E-state index contributed by atoms with van der Waals surface area (Å²) in [6, 6.07) is 0.0508. The number of hydrogen-bond donors (Lipinski definition) is 2. The molecule has 0 fully saturated rings. The summed E-state index contributed by atoms with van der Waals surface area (Å²) in [7, 11) is 0. The van der Waals surface area contributed by atoms with E-state index in [-0.39, 0.29) is 12.1 Å². The molecule has 0 atom stereocenters. The summed E-state index contributed by atoms with van der Waals surface area (Å²) in [5.41, 5.74) is 0. The van der Waals surface area contributed by atoms with Crippen LogP contribution in [0.2, 0.25) is 0 Å². The van der Waals surface area contributed by atoms with Crippen molar-refractivity contribution in [3.05, 3.63) is 18.0 Å². The summed E-state index contributed by atoms with van der Waals surface area (Å²) < 4.78 is 1.74. The number of carbonyl (C=O) groups excluding carboxylic acids is 1. The Morgan fingerprint density at radius 1 is 1.47 bits per heavy atom. The maximum Gasteiger partial charge on any atom is 0.315 e. The highest BCUT2D eigenvalue weighted by molar-refractivity contribution is 5.74. The van der Waals surface area contributed by atoms with Gasteiger partial charge in [-0.3, -0.25) is 0 Å². The number of nitrogens with one attached hydrogen (secondary N) is 2. The molecule has 7 nitrogen and oxygen atoms in total. The minimum atomic E-state index is -0.168. The maximum absolute atomic E-state index is 11.7. The number of hydrogen-bond acceptors (Lipinski definition) is 4. The zero-order chi connectivity index (χ0) is 13.5. The van der Waals surface area contributed by atoms with E-state index in [1.807, 2.05) is 0 Å². The minimum absolute atomic E-state index is 0.168. The summed E-state index contributed by atoms with van der Waals surface area (Å²) in [6.07, 6.45) is 8.08. The van der Waals surface area contributed by atoms with Crippen LogP contribution < -0.4 is 10.6 Å². The zero-order valence-corrected chi connectivity index (χ0v) is 11.2. The number of tetrazole rings is 1. The molecule has 0 bridgehead atoms. The van der Waals surface area contributed by atoms with Crippen molar-refractivity contribution >= 4 is 6.03 Å². The fourth-order valence-electron chi connectivity index (χ4n) is 1.96. The first kappa shape index (κ1) is 13.5. The SMILES string of the molecule is CCCCn1nnnc1CNC(=O)NC1CC=CC1. The number of amides is 2. The molecule has 0 unspecified atom stereocenters. The third-order valence-electron chi connectivity index (χ3n) is 3.08. The Balaban J connectivity index is 1.75. The quantitative estimate of drug-likeness (QED) is 0.750. The molecule has 1 aromatic heterocycles. The van der Waals surface area contributed by atoms with Crippen LogP contribution in [0, 0.1) is 0 Å². The number of unbranched alkanes of at least 4 members (excludes halogenated alkanes) is 1. The lowest BCUT2D eigenvalue weighted by Crippen LogP contribution is -2.41. The van der Waals surface area contributed by atoms with Crippen LogP contribution in [0.25, 0.3) is 0 Å². The Morgan fingerprint density at radius 3 is 3.00 bits per heavy atom. The lowest BCUT2D eigenvalue weighted by Gasteiger charge is -2.12. The lowest BCUT2D eigenvalue weighted by atomic mass is 10.2. The van der Waals surface area contributed by atoms with Gasteiger partial charge < -0.3 is 10.6 Å². The average Bonchev–Trinajstić information content (AvgIpc) is 3.05. The normalized spacial score (nSPS) is 14.8. The van der Waals surface area contributed by atoms with E-state index in [1.165, 1.54) is 0 Å². The first-order valence-corrected chi connectivity index (χ1v) is 6.74. The Morgan fingerprint density at radius 2 is 2.26 bits per heavy atom. The molecule has 1 aliphatic rings. The Kier molecular flexibility index (Phi) is 4.88. The van der Waals surface area contributed by atoms with E-state index in [2.05, 4.69) is 45.2 Å². The number of aromatic nitrogens is 4. The van der Waals surface area contributed by atoms with E-state index >= 15 is 0 Å². The number of carbonyl (C=O) groups is 1. The van der Waals surface area contributed by atoms with Crippen LogP contribution in [0.3, 0.4) is 0 Å². The molecule has 1 aromatic rings. The predicted molar refractivity (Wildman–Crippen MR) is 70.3 cm³/mol. The van der Waals surface area contributed by atoms with Crippen molar-refractivity contribution in [2.24, 2.45) is 0 Å². The van der Waals surface area contributed by atoms with Crippen LogP contribution >= 0.6 is 0 Å². The molecule has 7 heteroatoms. The molecule has 104 valence electrons. The maximum atomic E-state index is 11.7. The van der Waals surface area contributed by atoms with E-state index < -0.39 is 0 Å². The fourth-order valence-corrected chi connectivity index (χ4v) is 1.96. The van der Waals surface area contributed by atoms with Gasteiger partial charge in [0.15, 0.2) is 5.82 Å². The van der Waals surface area contributed by atoms with Crippen LogP contribution in [0.15, 0.2) is 12.2 Å². The van der Waals surface area contributed by atoms with Gasteiger partial charge in [-0.1, -0.05) is 25.5 Å². The molecule has 0 saturated carbocycles. The van der Waals surface area contributed by atoms with Crippen molar-refractivity contribution in [1.82, 2.24) is 30.8 Å². The first-order chi connectivity index (χ1) is 9.29. The molecule has 2 amide bonds. The highest BCUT2D eigenvalue weighted by atomic mass is 16.2. The molecular weight excluding hydrogens is 244 g/mol. The van der Waals surface area contributed by atoms with E-state index in [9.17, 15) is 4.79 Å². The second-order valence-corrected chi connectivity index (χ2v) is 4.64. The Hall–Kier alpha value is -1.92. The van der Waals surface area contributed by atoms with Crippen LogP contribution in [0.1, 0.15) is 38.4 Å². The summed E-state index contributed by atoms with van der Waals surface area (Å²) >= 11 is 0. The molecule has 2 N–H and O–H groups in total. The standard InChI is InChI=1S/C12H20N6O/c1-2-3-8-18-11(15-16-17-18)9-13-12(19)14-10-6-4-5-7-10/h4-5,10H,2-3,6-9H2,1H3,(H2,13,14,19). The van der Waals surface area contributed by atoms with Gasteiger partial charge in [-0.25, -0.2) is 9.48 Å². The van der Waals surface area contributed by atoms with Gasteiger partial charge in [-0.2, -0.15) is 0 Å². The highest BCUT2D eigenvalue weighted by Crippen LogP contribution is 2.08. The third-order valence-corrected chi connectivity index (χ3v) is 3.08. The van der Waals surface area contributed by atoms with Crippen LogP contribution in [0.4, 0.5) is 4.79 Å². The summed E-state index contributed by atoms with van der Waals surface area (Å²) in [5.74, 6) is 0.688. The molecule has 0 saturated heterocycles. The van der Waals surface area contributed by atoms with Crippen LogP contribution in [-0.4, -0.2) is 32.3 Å². The number of rotatable bonds is 6. The van der Waals surface area contributed by atoms with E-state index in [0.29, 0.717) is 12.4 Å². The topological polar surface area (TPSA) is 84.7 Å². The van der Waals surface area contributed by atoms with Crippen molar-refractivity contribution in [1.29, 1.82) is 0 Å². The number of urea groups is 1. The van der Waals surface area contributed by atoms with Gasteiger partial charge in [0, 0.05) is 12.6 Å². The number of aryl methyl sites for hydroxylation is 1. The Bertz CT molecular complexity index is 433. The van der Waals surface area contributed by atoms with Gasteiger partial charge in [0.2, 0.25) is 0 Å². The van der Waals surface area contributed by atoms with Crippen molar-refractivity contribution in [3.8, 4) is 0 Å². The molecule has 0 spiro atoms. The monoisotopic (exact) mass is 264 g/mol. The highest BCUT2D eigenvalue weighted by Gasteiger charge is 2.13. The summed E-state index contributed by atoms with van der Waals surface area (Å²) in [4.78, 5) is 11.7. The van der Waals surface area contributed by atoms with Gasteiger partial charge in [-0.15, -0.1) is 5.10 Å². The Labute approximate surface area is 112 Å². The van der Waals surface area contributed by atoms with Gasteiger partial charge >= 0.3 is 6.03 Å². The van der Waals surface area contributed by atoms with Crippen molar-refractivity contribution in [2.45, 2.75) is 51.7 Å². The van der Waals surface area contributed by atoms with Gasteiger partial charge in [0.05, 0.1) is 6.54 Å². The van der Waals surface area contributed by atoms with Crippen LogP contribution in [0.5, 0.6) is 0 Å². The molecular formula is C12H20N6O. The average molecular weight is 264 g/mol. The molecule has 0 radical (unpaired) electrons. The molecule has 0 aromatic carbocycles. The van der Waals surface area contributed by atoms with Gasteiger partial charge in [0.1, 0.15) is 0 Å². The second-order valence-electron chi connectivity index (χ2n) is 4.64. The van der Waals surface area contributed by atoms with Crippen molar-refractivity contribution < 1.29 is 4.79 Å². The van der Waals surface area contributed by atoms with Crippen molar-refractivity contribution in [3.63, 3.8) is 0 Å². The number of nitrogens with zero attached hydrogens (tertiary/aromatic N) is 4. The third kappa shape index (κ3) is 4.04. The largest absolute Gasteiger partial charge is 0.335 e. The molecule has 19 heavy (non-hydrogen) atoms. The summed E-state index contributed by atoms with van der Waals surface area (Å²) in [6.45, 7) is 3.25.